The van der Waals surface area contributed by atoms with E-state index in [9.17, 15) is 4.79 Å². The van der Waals surface area contributed by atoms with E-state index < -0.39 is 11.9 Å². The van der Waals surface area contributed by atoms with Crippen molar-refractivity contribution in [3.63, 3.8) is 0 Å². The Morgan fingerprint density at radius 1 is 1.57 bits per heavy atom. The molecule has 1 rings (SSSR count). The summed E-state index contributed by atoms with van der Waals surface area (Å²) in [5.41, 5.74) is 1.40. The van der Waals surface area contributed by atoms with E-state index in [0.717, 1.165) is 5.56 Å². The number of hydrogen-bond acceptors (Lipinski definition) is 1. The number of terminal acetylenes is 1. The Bertz CT molecular complexity index is 374. The molecule has 0 spiro atoms. The predicted molar refractivity (Wildman–Crippen MR) is 55.0 cm³/mol. The molecule has 0 bridgehead atoms. The van der Waals surface area contributed by atoms with E-state index in [2.05, 4.69) is 5.92 Å². The molecule has 0 aliphatic carbocycles. The highest BCUT2D eigenvalue weighted by molar-refractivity contribution is 5.77. The van der Waals surface area contributed by atoms with Crippen LogP contribution in [-0.4, -0.2) is 11.1 Å². The molecule has 0 fully saturated rings. The molecule has 0 aliphatic heterocycles. The minimum atomic E-state index is -0.824. The maximum atomic E-state index is 10.9. The van der Waals surface area contributed by atoms with Crippen molar-refractivity contribution in [2.24, 2.45) is 0 Å². The fraction of sp³-hybridized carbons (Fsp3) is 0.250. The van der Waals surface area contributed by atoms with Gasteiger partial charge in [-0.2, -0.15) is 0 Å². The molecule has 0 heterocycles. The van der Waals surface area contributed by atoms with Crippen molar-refractivity contribution in [1.29, 1.82) is 0 Å². The Kier molecular flexibility index (Phi) is 3.30. The Morgan fingerprint density at radius 2 is 2.21 bits per heavy atom. The van der Waals surface area contributed by atoms with Gasteiger partial charge < -0.3 is 5.11 Å². The first-order valence-corrected chi connectivity index (χ1v) is 4.49. The van der Waals surface area contributed by atoms with E-state index in [1.54, 1.807) is 12.1 Å². The van der Waals surface area contributed by atoms with Gasteiger partial charge in [0.2, 0.25) is 0 Å². The Hall–Kier alpha value is -1.75. The summed E-state index contributed by atoms with van der Waals surface area (Å²) in [6, 6.07) is 7.16. The summed E-state index contributed by atoms with van der Waals surface area (Å²) in [7, 11) is 0. The second-order valence-corrected chi connectivity index (χ2v) is 3.03. The number of rotatable bonds is 3. The first kappa shape index (κ1) is 10.3. The lowest BCUT2D eigenvalue weighted by Crippen LogP contribution is -2.11. The summed E-state index contributed by atoms with van der Waals surface area (Å²) in [5, 5.41) is 8.98. The zero-order valence-electron chi connectivity index (χ0n) is 8.03. The molecule has 2 nitrogen and oxygen atoms in total. The van der Waals surface area contributed by atoms with Crippen LogP contribution in [0.25, 0.3) is 0 Å². The quantitative estimate of drug-likeness (QED) is 0.738. The van der Waals surface area contributed by atoms with E-state index in [4.69, 9.17) is 11.5 Å². The number of hydrogen-bond donors (Lipinski definition) is 1. The summed E-state index contributed by atoms with van der Waals surface area (Å²) < 4.78 is 0. The largest absolute Gasteiger partial charge is 0.481 e. The van der Waals surface area contributed by atoms with Gasteiger partial charge in [-0.05, 0) is 18.1 Å². The smallest absolute Gasteiger partial charge is 0.311 e. The van der Waals surface area contributed by atoms with Crippen LogP contribution in [-0.2, 0) is 4.79 Å². The van der Waals surface area contributed by atoms with Crippen molar-refractivity contribution < 1.29 is 9.90 Å². The molecule has 1 aromatic carbocycles. The zero-order chi connectivity index (χ0) is 10.6. The van der Waals surface area contributed by atoms with Gasteiger partial charge in [-0.25, -0.2) is 0 Å². The summed E-state index contributed by atoms with van der Waals surface area (Å²) in [6.45, 7) is 1.84. The fourth-order valence-corrected chi connectivity index (χ4v) is 1.46. The fourth-order valence-electron chi connectivity index (χ4n) is 1.46. The highest BCUT2D eigenvalue weighted by atomic mass is 16.4. The Morgan fingerprint density at radius 3 is 2.71 bits per heavy atom. The van der Waals surface area contributed by atoms with Gasteiger partial charge >= 0.3 is 5.97 Å². The minimum Gasteiger partial charge on any atom is -0.481 e. The molecule has 0 amide bonds. The van der Waals surface area contributed by atoms with Gasteiger partial charge in [-0.3, -0.25) is 4.79 Å². The third-order valence-corrected chi connectivity index (χ3v) is 2.20. The normalized spacial score (nSPS) is 11.7. The third-order valence-electron chi connectivity index (χ3n) is 2.20. The van der Waals surface area contributed by atoms with Crippen molar-refractivity contribution in [2.75, 3.05) is 0 Å². The average molecular weight is 188 g/mol. The molecule has 0 radical (unpaired) electrons. The molecule has 14 heavy (non-hydrogen) atoms. The van der Waals surface area contributed by atoms with Gasteiger partial charge in [-0.1, -0.05) is 31.0 Å². The second kappa shape index (κ2) is 4.48. The SMILES string of the molecule is C#Cc1ccccc1C(CC)C(=O)O. The van der Waals surface area contributed by atoms with Crippen LogP contribution in [0.2, 0.25) is 0 Å². The lowest BCUT2D eigenvalue weighted by atomic mass is 9.92. The van der Waals surface area contributed by atoms with Crippen molar-refractivity contribution >= 4 is 5.97 Å². The van der Waals surface area contributed by atoms with Crippen molar-refractivity contribution in [1.82, 2.24) is 0 Å². The van der Waals surface area contributed by atoms with Crippen LogP contribution in [0, 0.1) is 12.3 Å². The number of aliphatic carboxylic acids is 1. The first-order chi connectivity index (χ1) is 6.70. The topological polar surface area (TPSA) is 37.3 Å². The zero-order valence-corrected chi connectivity index (χ0v) is 8.03. The lowest BCUT2D eigenvalue weighted by molar-refractivity contribution is -0.138. The van der Waals surface area contributed by atoms with Gasteiger partial charge in [0.15, 0.2) is 0 Å². The summed E-state index contributed by atoms with van der Waals surface area (Å²) >= 11 is 0. The Balaban J connectivity index is 3.17. The predicted octanol–water partition coefficient (Wildman–Crippen LogP) is 2.25. The molecule has 0 saturated carbocycles. The number of carboxylic acid groups (broad SMARTS) is 1. The van der Waals surface area contributed by atoms with Crippen molar-refractivity contribution in [2.45, 2.75) is 19.3 Å². The number of carboxylic acids is 1. The summed E-state index contributed by atoms with van der Waals surface area (Å²) in [5.74, 6) is 1.18. The second-order valence-electron chi connectivity index (χ2n) is 3.03. The molecule has 72 valence electrons. The molecular formula is C12H12O2. The summed E-state index contributed by atoms with van der Waals surface area (Å²) in [6.07, 6.45) is 5.85. The molecule has 1 unspecified atom stereocenters. The van der Waals surface area contributed by atoms with Crippen LogP contribution in [0.3, 0.4) is 0 Å². The lowest BCUT2D eigenvalue weighted by Gasteiger charge is -2.11. The first-order valence-electron chi connectivity index (χ1n) is 4.49. The molecule has 0 aliphatic rings. The Labute approximate surface area is 83.6 Å². The van der Waals surface area contributed by atoms with Crippen LogP contribution in [0.1, 0.15) is 30.4 Å². The van der Waals surface area contributed by atoms with Crippen LogP contribution in [0.5, 0.6) is 0 Å². The van der Waals surface area contributed by atoms with E-state index >= 15 is 0 Å². The van der Waals surface area contributed by atoms with E-state index in [1.807, 2.05) is 19.1 Å². The van der Waals surface area contributed by atoms with Crippen molar-refractivity contribution in [3.05, 3.63) is 35.4 Å². The van der Waals surface area contributed by atoms with E-state index in [-0.39, 0.29) is 0 Å². The number of carbonyl (C=O) groups is 1. The van der Waals surface area contributed by atoms with Crippen LogP contribution in [0.4, 0.5) is 0 Å². The van der Waals surface area contributed by atoms with E-state index in [0.29, 0.717) is 12.0 Å². The van der Waals surface area contributed by atoms with Crippen LogP contribution in [0.15, 0.2) is 24.3 Å². The van der Waals surface area contributed by atoms with Gasteiger partial charge in [0.1, 0.15) is 0 Å². The highest BCUT2D eigenvalue weighted by Crippen LogP contribution is 2.22. The van der Waals surface area contributed by atoms with Gasteiger partial charge in [0.25, 0.3) is 0 Å². The molecule has 1 N–H and O–H groups in total. The van der Waals surface area contributed by atoms with Crippen molar-refractivity contribution in [3.8, 4) is 12.3 Å². The number of benzene rings is 1. The van der Waals surface area contributed by atoms with Gasteiger partial charge in [0.05, 0.1) is 5.92 Å². The van der Waals surface area contributed by atoms with Gasteiger partial charge in [0, 0.05) is 5.56 Å². The average Bonchev–Trinajstić information content (AvgIpc) is 2.19. The molecule has 0 saturated heterocycles. The minimum absolute atomic E-state index is 0.498. The maximum Gasteiger partial charge on any atom is 0.311 e. The van der Waals surface area contributed by atoms with Crippen LogP contribution >= 0.6 is 0 Å². The summed E-state index contributed by atoms with van der Waals surface area (Å²) in [4.78, 5) is 10.9. The molecule has 1 atom stereocenters. The maximum absolute atomic E-state index is 10.9. The highest BCUT2D eigenvalue weighted by Gasteiger charge is 2.19. The monoisotopic (exact) mass is 188 g/mol. The molecule has 2 heteroatoms. The standard InChI is InChI=1S/C12H12O2/c1-3-9-7-5-6-8-11(9)10(4-2)12(13)14/h1,5-8,10H,4H2,2H3,(H,13,14). The molecule has 0 aromatic heterocycles. The molecular weight excluding hydrogens is 176 g/mol. The third kappa shape index (κ3) is 1.94. The van der Waals surface area contributed by atoms with Crippen LogP contribution < -0.4 is 0 Å². The molecule has 1 aromatic rings. The van der Waals surface area contributed by atoms with Gasteiger partial charge in [-0.15, -0.1) is 6.42 Å². The van der Waals surface area contributed by atoms with E-state index in [1.165, 1.54) is 0 Å².